The number of methoxy groups -OCH3 is 1. The summed E-state index contributed by atoms with van der Waals surface area (Å²) in [5.74, 6) is -1.02. The quantitative estimate of drug-likeness (QED) is 0.392. The molecule has 4 rings (SSSR count). The number of alkyl halides is 3. The second kappa shape index (κ2) is 13.2. The molecule has 3 N–H and O–H groups in total. The van der Waals surface area contributed by atoms with Gasteiger partial charge in [0.15, 0.2) is 0 Å². The van der Waals surface area contributed by atoms with Crippen molar-refractivity contribution in [3.8, 4) is 11.6 Å². The summed E-state index contributed by atoms with van der Waals surface area (Å²) < 4.78 is 78.0. The third-order valence-electron chi connectivity index (χ3n) is 6.61. The highest BCUT2D eigenvalue weighted by Gasteiger charge is 2.39. The molecule has 41 heavy (non-hydrogen) atoms. The molecule has 0 bridgehead atoms. The fourth-order valence-corrected chi connectivity index (χ4v) is 5.33. The standard InChI is InChI=1S/C24H32F3N7O5S.CH4/c1-33-9-11-34(12-10-33)31-21(35)15-7-8-17(20(13-15)38-2)29-23-28-14-16(24(25,26)27)22(30-23)39-19-6-4-5-18(19)32-40(3,36)37;/h7-8,13-14,18-19,32H,4-6,9-12H2,1-3H3,(H,31,35)(H,28,29,30);1H4/t18-,19-;/m1./s1. The molecule has 1 amide bonds. The molecule has 1 aliphatic carbocycles. The Morgan fingerprint density at radius 2 is 1.85 bits per heavy atom. The Kier molecular flexibility index (Phi) is 10.4. The molecule has 1 aliphatic heterocycles. The molecule has 0 spiro atoms. The van der Waals surface area contributed by atoms with E-state index in [0.717, 1.165) is 19.3 Å². The third-order valence-corrected chi connectivity index (χ3v) is 7.34. The summed E-state index contributed by atoms with van der Waals surface area (Å²) in [7, 11) is -0.197. The van der Waals surface area contributed by atoms with Gasteiger partial charge in [0, 0.05) is 37.9 Å². The third kappa shape index (κ3) is 8.64. The number of nitrogens with zero attached hydrogens (tertiary/aromatic N) is 4. The minimum absolute atomic E-state index is 0. The lowest BCUT2D eigenvalue weighted by Crippen LogP contribution is -2.52. The molecule has 2 fully saturated rings. The number of hydrogen-bond donors (Lipinski definition) is 3. The number of ether oxygens (including phenoxy) is 2. The molecule has 2 aliphatic rings. The number of aromatic nitrogens is 2. The normalized spacial score (nSPS) is 20.2. The highest BCUT2D eigenvalue weighted by Crippen LogP contribution is 2.37. The summed E-state index contributed by atoms with van der Waals surface area (Å²) in [6.07, 6.45) is -2.73. The molecule has 1 saturated heterocycles. The Morgan fingerprint density at radius 1 is 1.15 bits per heavy atom. The van der Waals surface area contributed by atoms with E-state index in [1.54, 1.807) is 0 Å². The first kappa shape index (κ1) is 32.3. The van der Waals surface area contributed by atoms with Crippen LogP contribution in [0.4, 0.5) is 24.8 Å². The van der Waals surface area contributed by atoms with Crippen molar-refractivity contribution in [2.75, 3.05) is 51.9 Å². The van der Waals surface area contributed by atoms with Crippen LogP contribution in [0.25, 0.3) is 0 Å². The molecular weight excluding hydrogens is 567 g/mol. The first-order chi connectivity index (χ1) is 18.8. The van der Waals surface area contributed by atoms with Crippen molar-refractivity contribution >= 4 is 27.6 Å². The van der Waals surface area contributed by atoms with Crippen LogP contribution < -0.4 is 24.9 Å². The molecule has 1 aromatic heterocycles. The van der Waals surface area contributed by atoms with Crippen LogP contribution in [0.2, 0.25) is 0 Å². The number of amides is 1. The van der Waals surface area contributed by atoms with Gasteiger partial charge in [-0.05, 0) is 44.5 Å². The Morgan fingerprint density at radius 3 is 2.49 bits per heavy atom. The molecule has 0 unspecified atom stereocenters. The summed E-state index contributed by atoms with van der Waals surface area (Å²) >= 11 is 0. The summed E-state index contributed by atoms with van der Waals surface area (Å²) in [6.45, 7) is 3.00. The van der Waals surface area contributed by atoms with Crippen LogP contribution in [0, 0.1) is 0 Å². The Balaban J connectivity index is 0.00000462. The van der Waals surface area contributed by atoms with Gasteiger partial charge in [-0.25, -0.2) is 23.1 Å². The summed E-state index contributed by atoms with van der Waals surface area (Å²) in [5, 5.41) is 4.65. The number of carbonyl (C=O) groups is 1. The molecule has 2 atom stereocenters. The SMILES string of the molecule is C.COc1cc(C(=O)NN2CCN(C)CC2)ccc1Nc1ncc(C(F)(F)F)c(O[C@@H]2CCC[C@H]2NS(C)(=O)=O)n1. The van der Waals surface area contributed by atoms with E-state index < -0.39 is 39.8 Å². The number of nitrogens with one attached hydrogen (secondary N) is 3. The van der Waals surface area contributed by atoms with E-state index in [-0.39, 0.29) is 25.0 Å². The van der Waals surface area contributed by atoms with Crippen LogP contribution in [0.5, 0.6) is 11.6 Å². The number of likely N-dealkylation sites (N-methyl/N-ethyl adjacent to an activating group) is 1. The molecule has 1 aromatic carbocycles. The van der Waals surface area contributed by atoms with Gasteiger partial charge >= 0.3 is 6.18 Å². The van der Waals surface area contributed by atoms with E-state index in [2.05, 4.69) is 30.3 Å². The van der Waals surface area contributed by atoms with Gasteiger partial charge < -0.3 is 19.7 Å². The number of hydrogen-bond acceptors (Lipinski definition) is 10. The molecule has 2 aromatic rings. The fraction of sp³-hybridized carbons (Fsp3) is 0.560. The van der Waals surface area contributed by atoms with E-state index in [1.165, 1.54) is 25.3 Å². The largest absolute Gasteiger partial charge is 0.495 e. The van der Waals surface area contributed by atoms with Crippen molar-refractivity contribution < 1.29 is 35.9 Å². The molecule has 12 nitrogen and oxygen atoms in total. The lowest BCUT2D eigenvalue weighted by Gasteiger charge is -2.32. The van der Waals surface area contributed by atoms with Gasteiger partial charge in [-0.2, -0.15) is 18.2 Å². The topological polar surface area (TPSA) is 138 Å². The van der Waals surface area contributed by atoms with E-state index in [4.69, 9.17) is 9.47 Å². The average Bonchev–Trinajstić information content (AvgIpc) is 3.29. The molecule has 16 heteroatoms. The maximum absolute atomic E-state index is 13.7. The molecule has 1 saturated carbocycles. The predicted octanol–water partition coefficient (Wildman–Crippen LogP) is 2.63. The first-order valence-electron chi connectivity index (χ1n) is 12.6. The Labute approximate surface area is 237 Å². The van der Waals surface area contributed by atoms with E-state index in [1.807, 2.05) is 12.1 Å². The molecule has 228 valence electrons. The maximum atomic E-state index is 13.7. The number of anilines is 2. The first-order valence-corrected chi connectivity index (χ1v) is 14.5. The summed E-state index contributed by atoms with van der Waals surface area (Å²) in [4.78, 5) is 22.7. The number of hydrazine groups is 1. The zero-order valence-electron chi connectivity index (χ0n) is 22.3. The number of rotatable bonds is 9. The van der Waals surface area contributed by atoms with Gasteiger partial charge in [-0.15, -0.1) is 0 Å². The monoisotopic (exact) mass is 603 g/mol. The second-order valence-corrected chi connectivity index (χ2v) is 11.5. The summed E-state index contributed by atoms with van der Waals surface area (Å²) in [6, 6.07) is 3.88. The van der Waals surface area contributed by atoms with Gasteiger partial charge in [-0.1, -0.05) is 7.43 Å². The predicted molar refractivity (Wildman–Crippen MR) is 147 cm³/mol. The molecule has 2 heterocycles. The van der Waals surface area contributed by atoms with Gasteiger partial charge in [0.1, 0.15) is 17.4 Å². The lowest BCUT2D eigenvalue weighted by molar-refractivity contribution is -0.140. The summed E-state index contributed by atoms with van der Waals surface area (Å²) in [5.41, 5.74) is 2.30. The van der Waals surface area contributed by atoms with E-state index >= 15 is 0 Å². The van der Waals surface area contributed by atoms with Crippen molar-refractivity contribution in [2.24, 2.45) is 0 Å². The van der Waals surface area contributed by atoms with Crippen molar-refractivity contribution in [1.29, 1.82) is 0 Å². The number of carbonyl (C=O) groups excluding carboxylic acids is 1. The van der Waals surface area contributed by atoms with Crippen LogP contribution in [0.1, 0.15) is 42.6 Å². The van der Waals surface area contributed by atoms with Crippen molar-refractivity contribution in [1.82, 2.24) is 30.0 Å². The average molecular weight is 604 g/mol. The van der Waals surface area contributed by atoms with Crippen molar-refractivity contribution in [3.63, 3.8) is 0 Å². The number of halogens is 3. The minimum Gasteiger partial charge on any atom is -0.495 e. The fourth-order valence-electron chi connectivity index (χ4n) is 4.51. The molecule has 0 radical (unpaired) electrons. The van der Waals surface area contributed by atoms with Crippen LogP contribution in [-0.2, 0) is 16.2 Å². The van der Waals surface area contributed by atoms with Crippen LogP contribution in [0.15, 0.2) is 24.4 Å². The van der Waals surface area contributed by atoms with Gasteiger partial charge in [0.2, 0.25) is 21.9 Å². The minimum atomic E-state index is -4.80. The van der Waals surface area contributed by atoms with Crippen molar-refractivity contribution in [2.45, 2.75) is 45.0 Å². The Hall–Kier alpha value is -3.21. The maximum Gasteiger partial charge on any atom is 0.423 e. The zero-order valence-corrected chi connectivity index (χ0v) is 23.1. The smallest absolute Gasteiger partial charge is 0.423 e. The highest BCUT2D eigenvalue weighted by molar-refractivity contribution is 7.88. The van der Waals surface area contributed by atoms with Crippen molar-refractivity contribution in [3.05, 3.63) is 35.5 Å². The number of benzene rings is 1. The number of piperazine rings is 1. The van der Waals surface area contributed by atoms with Crippen LogP contribution >= 0.6 is 0 Å². The van der Waals surface area contributed by atoms with E-state index in [9.17, 15) is 26.4 Å². The second-order valence-electron chi connectivity index (χ2n) is 9.77. The van der Waals surface area contributed by atoms with Crippen LogP contribution in [-0.4, -0.2) is 92.9 Å². The Bertz CT molecular complexity index is 1320. The zero-order chi connectivity index (χ0) is 29.1. The lowest BCUT2D eigenvalue weighted by atomic mass is 10.1. The highest BCUT2D eigenvalue weighted by atomic mass is 32.2. The van der Waals surface area contributed by atoms with Gasteiger partial charge in [0.05, 0.1) is 25.1 Å². The van der Waals surface area contributed by atoms with Gasteiger partial charge in [0.25, 0.3) is 5.91 Å². The van der Waals surface area contributed by atoms with E-state index in [0.29, 0.717) is 49.8 Å². The van der Waals surface area contributed by atoms with Crippen LogP contribution in [0.3, 0.4) is 0 Å². The number of sulfonamides is 1. The van der Waals surface area contributed by atoms with Gasteiger partial charge in [-0.3, -0.25) is 10.2 Å². The molecular formula is C25H36F3N7O5S.